The van der Waals surface area contributed by atoms with Gasteiger partial charge >= 0.3 is 0 Å². The van der Waals surface area contributed by atoms with Gasteiger partial charge in [0.05, 0.1) is 23.1 Å². The van der Waals surface area contributed by atoms with Crippen LogP contribution in [0.4, 0.5) is 10.1 Å². The number of nitrogens with one attached hydrogen (secondary N) is 2. The van der Waals surface area contributed by atoms with Crippen molar-refractivity contribution in [3.05, 3.63) is 76.9 Å². The summed E-state index contributed by atoms with van der Waals surface area (Å²) in [6.07, 6.45) is 1.46. The second-order valence-corrected chi connectivity index (χ2v) is 6.09. The minimum Gasteiger partial charge on any atom is -0.355 e. The summed E-state index contributed by atoms with van der Waals surface area (Å²) in [6.45, 7) is 3.61. The minimum atomic E-state index is -0.340. The van der Waals surface area contributed by atoms with Crippen molar-refractivity contribution < 1.29 is 14.0 Å². The lowest BCUT2D eigenvalue weighted by atomic mass is 10.1. The number of aromatic nitrogens is 2. The van der Waals surface area contributed by atoms with Gasteiger partial charge in [-0.25, -0.2) is 9.07 Å². The van der Waals surface area contributed by atoms with E-state index in [9.17, 15) is 14.0 Å². The lowest BCUT2D eigenvalue weighted by molar-refractivity contribution is 0.0961. The summed E-state index contributed by atoms with van der Waals surface area (Å²) in [6, 6.07) is 11.0. The van der Waals surface area contributed by atoms with Crippen LogP contribution in [0, 0.1) is 19.7 Å². The number of benzene rings is 2. The van der Waals surface area contributed by atoms with Crippen LogP contribution < -0.4 is 10.6 Å². The van der Waals surface area contributed by atoms with Crippen LogP contribution in [-0.4, -0.2) is 28.6 Å². The van der Waals surface area contributed by atoms with Gasteiger partial charge in [0.2, 0.25) is 0 Å². The normalized spacial score (nSPS) is 10.5. The Hall–Kier alpha value is -3.48. The van der Waals surface area contributed by atoms with Crippen LogP contribution in [-0.2, 0) is 0 Å². The van der Waals surface area contributed by atoms with E-state index in [-0.39, 0.29) is 17.6 Å². The number of halogens is 1. The largest absolute Gasteiger partial charge is 0.355 e. The molecule has 7 heteroatoms. The molecule has 3 rings (SSSR count). The smallest absolute Gasteiger partial charge is 0.259 e. The molecule has 2 amide bonds. The van der Waals surface area contributed by atoms with Gasteiger partial charge < -0.3 is 10.6 Å². The first-order valence-corrected chi connectivity index (χ1v) is 8.35. The molecule has 3 aromatic rings. The van der Waals surface area contributed by atoms with Gasteiger partial charge in [0, 0.05) is 18.3 Å². The van der Waals surface area contributed by atoms with Gasteiger partial charge in [0.1, 0.15) is 5.82 Å². The zero-order valence-corrected chi connectivity index (χ0v) is 15.2. The Labute approximate surface area is 156 Å². The Morgan fingerprint density at radius 3 is 2.41 bits per heavy atom. The van der Waals surface area contributed by atoms with Crippen molar-refractivity contribution >= 4 is 17.5 Å². The Kier molecular flexibility index (Phi) is 5.03. The Balaban J connectivity index is 1.87. The fourth-order valence-corrected chi connectivity index (χ4v) is 2.71. The summed E-state index contributed by atoms with van der Waals surface area (Å²) in [5.74, 6) is -0.906. The van der Waals surface area contributed by atoms with E-state index in [1.165, 1.54) is 18.3 Å². The quantitative estimate of drug-likeness (QED) is 0.744. The first-order valence-electron chi connectivity index (χ1n) is 8.35. The number of carbonyl (C=O) groups excluding carboxylic acids is 2. The topological polar surface area (TPSA) is 76.0 Å². The molecule has 1 aromatic heterocycles. The van der Waals surface area contributed by atoms with Gasteiger partial charge in [-0.1, -0.05) is 6.07 Å². The third-order valence-electron chi connectivity index (χ3n) is 4.30. The highest BCUT2D eigenvalue weighted by atomic mass is 19.1. The highest BCUT2D eigenvalue weighted by Crippen LogP contribution is 2.20. The number of nitrogens with zero attached hydrogens (tertiary/aromatic N) is 2. The van der Waals surface area contributed by atoms with Crippen molar-refractivity contribution in [1.29, 1.82) is 0 Å². The number of carbonyl (C=O) groups is 2. The second kappa shape index (κ2) is 7.41. The molecule has 0 atom stereocenters. The highest BCUT2D eigenvalue weighted by molar-refractivity contribution is 6.06. The van der Waals surface area contributed by atoms with Gasteiger partial charge in [0.25, 0.3) is 11.8 Å². The number of amides is 2. The Morgan fingerprint density at radius 2 is 1.74 bits per heavy atom. The van der Waals surface area contributed by atoms with E-state index in [1.807, 2.05) is 6.92 Å². The van der Waals surface area contributed by atoms with Crippen LogP contribution in [0.2, 0.25) is 0 Å². The zero-order chi connectivity index (χ0) is 19.6. The molecule has 2 aromatic carbocycles. The van der Waals surface area contributed by atoms with Crippen LogP contribution in [0.25, 0.3) is 5.69 Å². The summed E-state index contributed by atoms with van der Waals surface area (Å²) < 4.78 is 14.7. The summed E-state index contributed by atoms with van der Waals surface area (Å²) in [7, 11) is 1.55. The molecule has 6 nitrogen and oxygen atoms in total. The third kappa shape index (κ3) is 3.72. The van der Waals surface area contributed by atoms with Crippen molar-refractivity contribution in [1.82, 2.24) is 15.1 Å². The third-order valence-corrected chi connectivity index (χ3v) is 4.30. The van der Waals surface area contributed by atoms with Crippen molar-refractivity contribution in [3.8, 4) is 5.69 Å². The molecule has 0 saturated heterocycles. The van der Waals surface area contributed by atoms with Crippen molar-refractivity contribution in [3.63, 3.8) is 0 Å². The minimum absolute atomic E-state index is 0.231. The number of hydrogen-bond donors (Lipinski definition) is 2. The predicted molar refractivity (Wildman–Crippen MR) is 101 cm³/mol. The van der Waals surface area contributed by atoms with E-state index in [2.05, 4.69) is 15.7 Å². The van der Waals surface area contributed by atoms with Crippen LogP contribution in [0.3, 0.4) is 0 Å². The summed E-state index contributed by atoms with van der Waals surface area (Å²) >= 11 is 0. The molecule has 0 unspecified atom stereocenters. The maximum absolute atomic E-state index is 13.1. The zero-order valence-electron chi connectivity index (χ0n) is 15.2. The van der Waals surface area contributed by atoms with E-state index < -0.39 is 0 Å². The summed E-state index contributed by atoms with van der Waals surface area (Å²) in [5.41, 5.74) is 3.51. The predicted octanol–water partition coefficient (Wildman–Crippen LogP) is 3.24. The van der Waals surface area contributed by atoms with Crippen LogP contribution in [0.1, 0.15) is 32.0 Å². The number of aryl methyl sites for hydroxylation is 1. The standard InChI is InChI=1S/C20H19FN4O2/c1-12-4-5-14(19(26)22-3)10-18(12)24-20(27)17-11-23-25(13(17)2)16-8-6-15(21)7-9-16/h4-11H,1-3H3,(H,22,26)(H,24,27). The fraction of sp³-hybridized carbons (Fsp3) is 0.150. The lowest BCUT2D eigenvalue weighted by Crippen LogP contribution is -2.19. The number of anilines is 1. The molecule has 0 saturated carbocycles. The molecule has 2 N–H and O–H groups in total. The van der Waals surface area contributed by atoms with E-state index in [0.29, 0.717) is 28.2 Å². The molecule has 0 aliphatic rings. The molecule has 138 valence electrons. The maximum atomic E-state index is 13.1. The van der Waals surface area contributed by atoms with Gasteiger partial charge in [-0.05, 0) is 55.8 Å². The van der Waals surface area contributed by atoms with Crippen LogP contribution in [0.15, 0.2) is 48.7 Å². The van der Waals surface area contributed by atoms with Crippen molar-refractivity contribution in [2.45, 2.75) is 13.8 Å². The molecule has 1 heterocycles. The van der Waals surface area contributed by atoms with Gasteiger partial charge in [-0.15, -0.1) is 0 Å². The van der Waals surface area contributed by atoms with E-state index >= 15 is 0 Å². The van der Waals surface area contributed by atoms with Gasteiger partial charge in [-0.3, -0.25) is 9.59 Å². The van der Waals surface area contributed by atoms with Crippen molar-refractivity contribution in [2.75, 3.05) is 12.4 Å². The monoisotopic (exact) mass is 366 g/mol. The second-order valence-electron chi connectivity index (χ2n) is 6.09. The molecular formula is C20H19FN4O2. The van der Waals surface area contributed by atoms with Gasteiger partial charge in [0.15, 0.2) is 0 Å². The first-order chi connectivity index (χ1) is 12.9. The lowest BCUT2D eigenvalue weighted by Gasteiger charge is -2.10. The molecule has 0 aliphatic heterocycles. The SMILES string of the molecule is CNC(=O)c1ccc(C)c(NC(=O)c2cnn(-c3ccc(F)cc3)c2C)c1. The van der Waals surface area contributed by atoms with Crippen LogP contribution >= 0.6 is 0 Å². The average molecular weight is 366 g/mol. The van der Waals surface area contributed by atoms with E-state index in [1.54, 1.807) is 49.0 Å². The highest BCUT2D eigenvalue weighted by Gasteiger charge is 2.17. The number of rotatable bonds is 4. The van der Waals surface area contributed by atoms with Gasteiger partial charge in [-0.2, -0.15) is 5.10 Å². The number of hydrogen-bond acceptors (Lipinski definition) is 3. The average Bonchev–Trinajstić information content (AvgIpc) is 3.05. The Bertz CT molecular complexity index is 1010. The molecule has 0 fully saturated rings. The van der Waals surface area contributed by atoms with Crippen LogP contribution in [0.5, 0.6) is 0 Å². The fourth-order valence-electron chi connectivity index (χ4n) is 2.71. The van der Waals surface area contributed by atoms with E-state index in [4.69, 9.17) is 0 Å². The summed E-state index contributed by atoms with van der Waals surface area (Å²) in [5, 5.41) is 9.61. The molecule has 0 radical (unpaired) electrons. The summed E-state index contributed by atoms with van der Waals surface area (Å²) in [4.78, 5) is 24.5. The van der Waals surface area contributed by atoms with E-state index in [0.717, 1.165) is 5.56 Å². The molecule has 0 spiro atoms. The molecule has 0 aliphatic carbocycles. The molecular weight excluding hydrogens is 347 g/mol. The maximum Gasteiger partial charge on any atom is 0.259 e. The molecule has 0 bridgehead atoms. The first kappa shape index (κ1) is 18.3. The van der Waals surface area contributed by atoms with Crippen molar-refractivity contribution in [2.24, 2.45) is 0 Å². The molecule has 27 heavy (non-hydrogen) atoms. The Morgan fingerprint density at radius 1 is 1.04 bits per heavy atom.